The van der Waals surface area contributed by atoms with Crippen molar-refractivity contribution < 1.29 is 23.5 Å². The van der Waals surface area contributed by atoms with Gasteiger partial charge in [-0.1, -0.05) is 0 Å². The Hall–Kier alpha value is -1.28. The van der Waals surface area contributed by atoms with Gasteiger partial charge >= 0.3 is 5.97 Å². The fraction of sp³-hybridized carbons (Fsp3) is 0.333. The van der Waals surface area contributed by atoms with E-state index in [1.807, 2.05) is 0 Å². The number of halogens is 2. The van der Waals surface area contributed by atoms with Gasteiger partial charge in [-0.2, -0.15) is 0 Å². The highest BCUT2D eigenvalue weighted by Crippen LogP contribution is 2.26. The second-order valence-electron chi connectivity index (χ2n) is 4.08. The molecule has 1 N–H and O–H groups in total. The second kappa shape index (κ2) is 6.45. The number of amides is 1. The quantitative estimate of drug-likeness (QED) is 0.861. The van der Waals surface area contributed by atoms with Crippen molar-refractivity contribution in [1.29, 1.82) is 0 Å². The van der Waals surface area contributed by atoms with E-state index in [1.54, 1.807) is 0 Å². The molecule has 0 spiro atoms. The molecule has 0 bridgehead atoms. The van der Waals surface area contributed by atoms with Crippen LogP contribution in [-0.4, -0.2) is 45.3 Å². The molecule has 1 unspecified atom stereocenters. The van der Waals surface area contributed by atoms with Crippen LogP contribution in [-0.2, 0) is 9.59 Å². The zero-order valence-electron chi connectivity index (χ0n) is 10.2. The van der Waals surface area contributed by atoms with Crippen LogP contribution in [0, 0.1) is 11.6 Å². The molecule has 8 heteroatoms. The third-order valence-electron chi connectivity index (χ3n) is 2.73. The number of rotatable bonds is 4. The topological polar surface area (TPSA) is 57.6 Å². The number of hydrogen-bond donors (Lipinski definition) is 1. The summed E-state index contributed by atoms with van der Waals surface area (Å²) in [7, 11) is 0. The standard InChI is InChI=1S/C12H11F2NO3S2/c13-7-1-2-10(8(14)3-7)20-5-11(16)15-6-19-4-9(15)12(17)18/h1-3,9H,4-6H2,(H,17,18). The molecule has 20 heavy (non-hydrogen) atoms. The summed E-state index contributed by atoms with van der Waals surface area (Å²) in [6.45, 7) is 0. The first kappa shape index (κ1) is 15.1. The van der Waals surface area contributed by atoms with Crippen LogP contribution < -0.4 is 0 Å². The number of benzene rings is 1. The zero-order chi connectivity index (χ0) is 14.7. The van der Waals surface area contributed by atoms with E-state index in [9.17, 15) is 18.4 Å². The van der Waals surface area contributed by atoms with Gasteiger partial charge in [0.05, 0.1) is 11.6 Å². The smallest absolute Gasteiger partial charge is 0.327 e. The molecule has 0 aliphatic carbocycles. The number of carboxylic acids is 1. The molecule has 0 saturated carbocycles. The molecule has 1 aliphatic rings. The van der Waals surface area contributed by atoms with E-state index in [4.69, 9.17) is 5.11 Å². The number of thioether (sulfide) groups is 2. The van der Waals surface area contributed by atoms with Crippen molar-refractivity contribution in [3.05, 3.63) is 29.8 Å². The van der Waals surface area contributed by atoms with E-state index in [-0.39, 0.29) is 16.6 Å². The van der Waals surface area contributed by atoms with Crippen LogP contribution >= 0.6 is 23.5 Å². The molecule has 1 saturated heterocycles. The van der Waals surface area contributed by atoms with E-state index >= 15 is 0 Å². The number of hydrogen-bond acceptors (Lipinski definition) is 4. The normalized spacial score (nSPS) is 18.3. The predicted molar refractivity (Wildman–Crippen MR) is 72.7 cm³/mol. The Kier molecular flexibility index (Phi) is 4.87. The molecule has 1 aromatic carbocycles. The summed E-state index contributed by atoms with van der Waals surface area (Å²) in [4.78, 5) is 24.3. The van der Waals surface area contributed by atoms with Crippen LogP contribution in [0.25, 0.3) is 0 Å². The van der Waals surface area contributed by atoms with E-state index in [0.717, 1.165) is 23.9 Å². The minimum Gasteiger partial charge on any atom is -0.480 e. The summed E-state index contributed by atoms with van der Waals surface area (Å²) in [6.07, 6.45) is 0. The number of aliphatic carboxylic acids is 1. The summed E-state index contributed by atoms with van der Waals surface area (Å²) < 4.78 is 26.1. The highest BCUT2D eigenvalue weighted by molar-refractivity contribution is 8.00. The number of carbonyl (C=O) groups is 2. The first-order chi connectivity index (χ1) is 9.49. The van der Waals surface area contributed by atoms with Crippen molar-refractivity contribution in [3.8, 4) is 0 Å². The van der Waals surface area contributed by atoms with Gasteiger partial charge in [0, 0.05) is 16.7 Å². The van der Waals surface area contributed by atoms with Gasteiger partial charge in [0.25, 0.3) is 0 Å². The Morgan fingerprint density at radius 2 is 2.20 bits per heavy atom. The monoisotopic (exact) mass is 319 g/mol. The molecule has 0 radical (unpaired) electrons. The van der Waals surface area contributed by atoms with E-state index in [1.165, 1.54) is 22.7 Å². The predicted octanol–water partition coefficient (Wildman–Crippen LogP) is 2.04. The third kappa shape index (κ3) is 3.43. The summed E-state index contributed by atoms with van der Waals surface area (Å²) in [5.74, 6) is -2.21. The second-order valence-corrected chi connectivity index (χ2v) is 6.10. The molecule has 1 aliphatic heterocycles. The Labute approximate surface area is 122 Å². The lowest BCUT2D eigenvalue weighted by Gasteiger charge is -2.20. The average molecular weight is 319 g/mol. The molecule has 1 heterocycles. The van der Waals surface area contributed by atoms with Gasteiger partial charge in [0.15, 0.2) is 0 Å². The maximum atomic E-state index is 13.4. The van der Waals surface area contributed by atoms with Gasteiger partial charge in [-0.25, -0.2) is 13.6 Å². The number of nitrogens with zero attached hydrogens (tertiary/aromatic N) is 1. The lowest BCUT2D eigenvalue weighted by molar-refractivity contribution is -0.146. The summed E-state index contributed by atoms with van der Waals surface area (Å²) in [5.41, 5.74) is 0. The Morgan fingerprint density at radius 3 is 2.85 bits per heavy atom. The van der Waals surface area contributed by atoms with Crippen LogP contribution in [0.4, 0.5) is 8.78 Å². The molecule has 1 amide bonds. The van der Waals surface area contributed by atoms with Crippen molar-refractivity contribution in [1.82, 2.24) is 4.90 Å². The fourth-order valence-electron chi connectivity index (χ4n) is 1.71. The molecule has 1 atom stereocenters. The SMILES string of the molecule is O=C(O)C1CSCN1C(=O)CSc1ccc(F)cc1F. The van der Waals surface area contributed by atoms with Crippen molar-refractivity contribution >= 4 is 35.4 Å². The molecule has 108 valence electrons. The van der Waals surface area contributed by atoms with Crippen molar-refractivity contribution in [3.63, 3.8) is 0 Å². The van der Waals surface area contributed by atoms with Gasteiger partial charge in [0.1, 0.15) is 17.7 Å². The van der Waals surface area contributed by atoms with Crippen LogP contribution in [0.2, 0.25) is 0 Å². The van der Waals surface area contributed by atoms with Crippen LogP contribution in [0.3, 0.4) is 0 Å². The van der Waals surface area contributed by atoms with Crippen LogP contribution in [0.5, 0.6) is 0 Å². The largest absolute Gasteiger partial charge is 0.480 e. The summed E-state index contributed by atoms with van der Waals surface area (Å²) >= 11 is 2.29. The van der Waals surface area contributed by atoms with Gasteiger partial charge in [-0.15, -0.1) is 23.5 Å². The molecule has 2 rings (SSSR count). The molecule has 0 aromatic heterocycles. The third-order valence-corrected chi connectivity index (χ3v) is 4.78. The average Bonchev–Trinajstić information content (AvgIpc) is 2.86. The Morgan fingerprint density at radius 1 is 1.45 bits per heavy atom. The van der Waals surface area contributed by atoms with Gasteiger partial charge in [0.2, 0.25) is 5.91 Å². The summed E-state index contributed by atoms with van der Waals surface area (Å²) in [5, 5.41) is 8.98. The first-order valence-electron chi connectivity index (χ1n) is 5.67. The highest BCUT2D eigenvalue weighted by Gasteiger charge is 2.34. The first-order valence-corrected chi connectivity index (χ1v) is 7.81. The van der Waals surface area contributed by atoms with Crippen molar-refractivity contribution in [2.24, 2.45) is 0 Å². The minimum absolute atomic E-state index is 0.0765. The zero-order valence-corrected chi connectivity index (χ0v) is 11.8. The van der Waals surface area contributed by atoms with Crippen LogP contribution in [0.15, 0.2) is 23.1 Å². The highest BCUT2D eigenvalue weighted by atomic mass is 32.2. The van der Waals surface area contributed by atoms with Gasteiger partial charge in [-0.05, 0) is 12.1 Å². The van der Waals surface area contributed by atoms with E-state index in [0.29, 0.717) is 11.6 Å². The maximum absolute atomic E-state index is 13.4. The molecular weight excluding hydrogens is 308 g/mol. The minimum atomic E-state index is -1.04. The lowest BCUT2D eigenvalue weighted by atomic mass is 10.3. The number of carboxylic acid groups (broad SMARTS) is 1. The molecule has 4 nitrogen and oxygen atoms in total. The fourth-order valence-corrected chi connectivity index (χ4v) is 3.69. The van der Waals surface area contributed by atoms with Crippen LogP contribution in [0.1, 0.15) is 0 Å². The Balaban J connectivity index is 1.96. The van der Waals surface area contributed by atoms with Gasteiger partial charge in [-0.3, -0.25) is 4.79 Å². The van der Waals surface area contributed by atoms with Crippen molar-refractivity contribution in [2.45, 2.75) is 10.9 Å². The lowest BCUT2D eigenvalue weighted by Crippen LogP contribution is -2.42. The van der Waals surface area contributed by atoms with Gasteiger partial charge < -0.3 is 10.0 Å². The molecule has 1 aromatic rings. The molecular formula is C12H11F2NO3S2. The number of carbonyl (C=O) groups excluding carboxylic acids is 1. The van der Waals surface area contributed by atoms with E-state index in [2.05, 4.69) is 0 Å². The van der Waals surface area contributed by atoms with Crippen molar-refractivity contribution in [2.75, 3.05) is 17.4 Å². The maximum Gasteiger partial charge on any atom is 0.327 e. The molecule has 1 fully saturated rings. The Bertz CT molecular complexity index is 541. The summed E-state index contributed by atoms with van der Waals surface area (Å²) in [6, 6.07) is 2.29. The van der Waals surface area contributed by atoms with E-state index < -0.39 is 23.6 Å².